The zero-order valence-corrected chi connectivity index (χ0v) is 13.8. The Bertz CT molecular complexity index is 498. The van der Waals surface area contributed by atoms with E-state index in [2.05, 4.69) is 19.2 Å². The average Bonchev–Trinajstić information content (AvgIpc) is 2.43. The van der Waals surface area contributed by atoms with Gasteiger partial charge in [-0.05, 0) is 49.4 Å². The van der Waals surface area contributed by atoms with Gasteiger partial charge in [-0.2, -0.15) is 0 Å². The molecular weight excluding hydrogens is 286 g/mol. The van der Waals surface area contributed by atoms with Crippen molar-refractivity contribution in [3.8, 4) is 0 Å². The Morgan fingerprint density at radius 3 is 2.43 bits per heavy atom. The number of rotatable bonds is 4. The van der Waals surface area contributed by atoms with Crippen LogP contribution >= 0.6 is 11.6 Å². The minimum absolute atomic E-state index is 0.148. The molecule has 1 N–H and O–H groups in total. The molecule has 1 aliphatic rings. The Balaban J connectivity index is 2.35. The van der Waals surface area contributed by atoms with E-state index < -0.39 is 5.54 Å². The van der Waals surface area contributed by atoms with Gasteiger partial charge < -0.3 is 10.1 Å². The van der Waals surface area contributed by atoms with Crippen molar-refractivity contribution in [2.24, 2.45) is 5.41 Å². The summed E-state index contributed by atoms with van der Waals surface area (Å²) in [6.07, 6.45) is 3.98. The molecule has 0 heterocycles. The Hall–Kier alpha value is -1.22. The van der Waals surface area contributed by atoms with Gasteiger partial charge in [0, 0.05) is 10.7 Å². The van der Waals surface area contributed by atoms with E-state index in [9.17, 15) is 4.79 Å². The molecule has 1 unspecified atom stereocenters. The molecule has 1 saturated carbocycles. The highest BCUT2D eigenvalue weighted by Gasteiger charge is 2.53. The summed E-state index contributed by atoms with van der Waals surface area (Å²) in [6, 6.07) is 7.49. The Kier molecular flexibility index (Phi) is 4.82. The van der Waals surface area contributed by atoms with Crippen LogP contribution in [0, 0.1) is 5.41 Å². The number of anilines is 1. The van der Waals surface area contributed by atoms with Crippen molar-refractivity contribution in [2.75, 3.05) is 11.9 Å². The van der Waals surface area contributed by atoms with Gasteiger partial charge in [0.1, 0.15) is 5.54 Å². The fourth-order valence-electron chi connectivity index (χ4n) is 3.20. The predicted molar refractivity (Wildman–Crippen MR) is 86.7 cm³/mol. The van der Waals surface area contributed by atoms with Gasteiger partial charge in [0.05, 0.1) is 6.61 Å². The summed E-state index contributed by atoms with van der Waals surface area (Å²) < 4.78 is 5.39. The lowest BCUT2D eigenvalue weighted by molar-refractivity contribution is -0.155. The maximum atomic E-state index is 12.7. The number of esters is 1. The van der Waals surface area contributed by atoms with E-state index in [0.717, 1.165) is 31.4 Å². The molecule has 0 bridgehead atoms. The van der Waals surface area contributed by atoms with Crippen molar-refractivity contribution in [2.45, 2.75) is 52.0 Å². The summed E-state index contributed by atoms with van der Waals surface area (Å²) in [5.41, 5.74) is 0.0779. The second-order valence-electron chi connectivity index (χ2n) is 6.35. The van der Waals surface area contributed by atoms with Crippen LogP contribution in [0.2, 0.25) is 5.02 Å². The Labute approximate surface area is 132 Å². The number of nitrogens with one attached hydrogen (secondary N) is 1. The molecule has 1 atom stereocenters. The van der Waals surface area contributed by atoms with Crippen LogP contribution in [0.3, 0.4) is 0 Å². The molecule has 2 rings (SSSR count). The van der Waals surface area contributed by atoms with Crippen molar-refractivity contribution in [3.05, 3.63) is 29.3 Å². The summed E-state index contributed by atoms with van der Waals surface area (Å²) in [4.78, 5) is 12.7. The maximum absolute atomic E-state index is 12.7. The molecule has 4 heteroatoms. The molecule has 1 fully saturated rings. The van der Waals surface area contributed by atoms with Crippen LogP contribution in [-0.2, 0) is 9.53 Å². The van der Waals surface area contributed by atoms with E-state index in [1.165, 1.54) is 0 Å². The molecule has 116 valence electrons. The highest BCUT2D eigenvalue weighted by molar-refractivity contribution is 6.30. The Morgan fingerprint density at radius 2 is 1.86 bits per heavy atom. The fraction of sp³-hybridized carbons (Fsp3) is 0.588. The van der Waals surface area contributed by atoms with Crippen molar-refractivity contribution < 1.29 is 9.53 Å². The van der Waals surface area contributed by atoms with Crippen molar-refractivity contribution >= 4 is 23.3 Å². The normalized spacial score (nSPS) is 24.4. The lowest BCUT2D eigenvalue weighted by atomic mass is 9.63. The molecule has 0 spiro atoms. The SMILES string of the molecule is CCOC(=O)C1(Nc2ccc(Cl)cc2)CCCCC1(C)C. The van der Waals surface area contributed by atoms with E-state index in [-0.39, 0.29) is 11.4 Å². The van der Waals surface area contributed by atoms with Gasteiger partial charge in [-0.25, -0.2) is 4.79 Å². The van der Waals surface area contributed by atoms with Crippen LogP contribution in [0.25, 0.3) is 0 Å². The standard InChI is InChI=1S/C17H24ClNO2/c1-4-21-15(20)17(12-6-5-11-16(17,2)3)19-14-9-7-13(18)8-10-14/h7-10,19H,4-6,11-12H2,1-3H3. The van der Waals surface area contributed by atoms with Crippen LogP contribution in [0.4, 0.5) is 5.69 Å². The number of carbonyl (C=O) groups is 1. The first-order valence-electron chi connectivity index (χ1n) is 7.62. The third kappa shape index (κ3) is 3.18. The maximum Gasteiger partial charge on any atom is 0.332 e. The fourth-order valence-corrected chi connectivity index (χ4v) is 3.33. The van der Waals surface area contributed by atoms with E-state index >= 15 is 0 Å². The number of benzene rings is 1. The monoisotopic (exact) mass is 309 g/mol. The number of carbonyl (C=O) groups excluding carboxylic acids is 1. The first-order chi connectivity index (χ1) is 9.91. The third-order valence-corrected chi connectivity index (χ3v) is 4.84. The molecule has 1 aromatic carbocycles. The largest absolute Gasteiger partial charge is 0.464 e. The minimum Gasteiger partial charge on any atom is -0.464 e. The van der Waals surface area contributed by atoms with E-state index in [4.69, 9.17) is 16.3 Å². The lowest BCUT2D eigenvalue weighted by Crippen LogP contribution is -2.59. The quantitative estimate of drug-likeness (QED) is 0.822. The van der Waals surface area contributed by atoms with Gasteiger partial charge in [0.15, 0.2) is 0 Å². The zero-order chi connectivity index (χ0) is 15.5. The second kappa shape index (κ2) is 6.27. The van der Waals surface area contributed by atoms with Gasteiger partial charge in [0.2, 0.25) is 0 Å². The van der Waals surface area contributed by atoms with Gasteiger partial charge >= 0.3 is 5.97 Å². The number of hydrogen-bond acceptors (Lipinski definition) is 3. The predicted octanol–water partition coefficient (Wildman–Crippen LogP) is 4.65. The molecule has 3 nitrogen and oxygen atoms in total. The average molecular weight is 310 g/mol. The summed E-state index contributed by atoms with van der Waals surface area (Å²) in [7, 11) is 0. The summed E-state index contributed by atoms with van der Waals surface area (Å²) in [5.74, 6) is -0.148. The molecule has 0 radical (unpaired) electrons. The molecule has 0 aromatic heterocycles. The number of ether oxygens (including phenoxy) is 1. The van der Waals surface area contributed by atoms with Crippen LogP contribution in [0.5, 0.6) is 0 Å². The van der Waals surface area contributed by atoms with Gasteiger partial charge in [0.25, 0.3) is 0 Å². The van der Waals surface area contributed by atoms with Crippen LogP contribution < -0.4 is 5.32 Å². The van der Waals surface area contributed by atoms with Crippen LogP contribution in [0.1, 0.15) is 46.5 Å². The summed E-state index contributed by atoms with van der Waals surface area (Å²) in [6.45, 7) is 6.54. The molecule has 0 aliphatic heterocycles. The van der Waals surface area contributed by atoms with E-state index in [0.29, 0.717) is 11.6 Å². The molecule has 21 heavy (non-hydrogen) atoms. The highest BCUT2D eigenvalue weighted by Crippen LogP contribution is 2.46. The van der Waals surface area contributed by atoms with E-state index in [1.54, 1.807) is 0 Å². The Morgan fingerprint density at radius 1 is 1.24 bits per heavy atom. The third-order valence-electron chi connectivity index (χ3n) is 4.58. The van der Waals surface area contributed by atoms with Crippen LogP contribution in [-0.4, -0.2) is 18.1 Å². The number of halogens is 1. The van der Waals surface area contributed by atoms with Crippen LogP contribution in [0.15, 0.2) is 24.3 Å². The second-order valence-corrected chi connectivity index (χ2v) is 6.79. The van der Waals surface area contributed by atoms with Crippen molar-refractivity contribution in [1.82, 2.24) is 0 Å². The van der Waals surface area contributed by atoms with Crippen molar-refractivity contribution in [3.63, 3.8) is 0 Å². The summed E-state index contributed by atoms with van der Waals surface area (Å²) >= 11 is 5.94. The van der Waals surface area contributed by atoms with Gasteiger partial charge in [-0.15, -0.1) is 0 Å². The minimum atomic E-state index is -0.672. The summed E-state index contributed by atoms with van der Waals surface area (Å²) in [5, 5.41) is 4.15. The molecule has 1 aliphatic carbocycles. The molecule has 1 aromatic rings. The number of hydrogen-bond donors (Lipinski definition) is 1. The molecule has 0 amide bonds. The molecule has 0 saturated heterocycles. The van der Waals surface area contributed by atoms with Crippen molar-refractivity contribution in [1.29, 1.82) is 0 Å². The first kappa shape index (κ1) is 16.2. The zero-order valence-electron chi connectivity index (χ0n) is 13.0. The highest BCUT2D eigenvalue weighted by atomic mass is 35.5. The molecular formula is C17H24ClNO2. The lowest BCUT2D eigenvalue weighted by Gasteiger charge is -2.48. The van der Waals surface area contributed by atoms with Gasteiger partial charge in [-0.1, -0.05) is 38.3 Å². The van der Waals surface area contributed by atoms with E-state index in [1.807, 2.05) is 31.2 Å². The first-order valence-corrected chi connectivity index (χ1v) is 8.00. The smallest absolute Gasteiger partial charge is 0.332 e. The van der Waals surface area contributed by atoms with Gasteiger partial charge in [-0.3, -0.25) is 0 Å². The topological polar surface area (TPSA) is 38.3 Å².